The van der Waals surface area contributed by atoms with Crippen LogP contribution in [0.2, 0.25) is 0 Å². The van der Waals surface area contributed by atoms with Gasteiger partial charge in [0.15, 0.2) is 11.5 Å². The summed E-state index contributed by atoms with van der Waals surface area (Å²) in [6.45, 7) is 4.83. The van der Waals surface area contributed by atoms with Crippen LogP contribution >= 0.6 is 11.3 Å². The first kappa shape index (κ1) is 21.8. The molecule has 0 unspecified atom stereocenters. The Labute approximate surface area is 170 Å². The van der Waals surface area contributed by atoms with Crippen molar-refractivity contribution in [3.63, 3.8) is 0 Å². The number of carbonyl (C=O) groups excluding carboxylic acids is 2. The fraction of sp³-hybridized carbons (Fsp3) is 0.429. The average Bonchev–Trinajstić information content (AvgIpc) is 3.17. The molecule has 0 aliphatic carbocycles. The van der Waals surface area contributed by atoms with Crippen molar-refractivity contribution in [2.24, 2.45) is 0 Å². The van der Waals surface area contributed by atoms with Gasteiger partial charge in [-0.15, -0.1) is 11.3 Å². The number of ether oxygens (including phenoxy) is 2. The highest BCUT2D eigenvalue weighted by atomic mass is 32.1. The Morgan fingerprint density at radius 1 is 1.11 bits per heavy atom. The van der Waals surface area contributed by atoms with E-state index in [-0.39, 0.29) is 18.4 Å². The molecular formula is C21H28N2O4S. The summed E-state index contributed by atoms with van der Waals surface area (Å²) in [6, 6.07) is 9.34. The van der Waals surface area contributed by atoms with Crippen LogP contribution in [0.15, 0.2) is 35.7 Å². The Balaban J connectivity index is 1.83. The topological polar surface area (TPSA) is 67.9 Å². The fourth-order valence-electron chi connectivity index (χ4n) is 2.69. The average molecular weight is 405 g/mol. The highest BCUT2D eigenvalue weighted by molar-refractivity contribution is 7.09. The molecule has 0 aliphatic rings. The molecule has 7 heteroatoms. The minimum atomic E-state index is -0.249. The van der Waals surface area contributed by atoms with Gasteiger partial charge in [0.05, 0.1) is 19.8 Å². The highest BCUT2D eigenvalue weighted by Crippen LogP contribution is 2.30. The third kappa shape index (κ3) is 6.88. The lowest BCUT2D eigenvalue weighted by atomic mass is 10.2. The summed E-state index contributed by atoms with van der Waals surface area (Å²) in [6.07, 6.45) is 2.09. The second-order valence-electron chi connectivity index (χ2n) is 6.26. The number of likely N-dealkylation sites (N-methyl/N-ethyl adjacent to an activating group) is 1. The number of amides is 2. The van der Waals surface area contributed by atoms with Gasteiger partial charge in [-0.1, -0.05) is 6.07 Å². The molecule has 1 N–H and O–H groups in total. The molecule has 1 aromatic heterocycles. The number of benzene rings is 1. The molecule has 152 valence electrons. The zero-order chi connectivity index (χ0) is 20.4. The van der Waals surface area contributed by atoms with Crippen LogP contribution < -0.4 is 14.8 Å². The van der Waals surface area contributed by atoms with Crippen molar-refractivity contribution in [2.75, 3.05) is 32.1 Å². The summed E-state index contributed by atoms with van der Waals surface area (Å²) >= 11 is 1.70. The second kappa shape index (κ2) is 11.3. The largest absolute Gasteiger partial charge is 0.490 e. The van der Waals surface area contributed by atoms with E-state index in [1.165, 1.54) is 9.78 Å². The molecule has 0 spiro atoms. The lowest BCUT2D eigenvalue weighted by Gasteiger charge is -2.17. The van der Waals surface area contributed by atoms with Gasteiger partial charge in [0.25, 0.3) is 0 Å². The van der Waals surface area contributed by atoms with E-state index < -0.39 is 0 Å². The molecular weight excluding hydrogens is 376 g/mol. The number of anilines is 1. The van der Waals surface area contributed by atoms with Gasteiger partial charge in [0.1, 0.15) is 0 Å². The zero-order valence-corrected chi connectivity index (χ0v) is 17.5. The molecule has 0 saturated carbocycles. The first-order valence-electron chi connectivity index (χ1n) is 9.49. The Hall–Kier alpha value is -2.54. The fourth-order valence-corrected chi connectivity index (χ4v) is 3.44. The first-order valence-corrected chi connectivity index (χ1v) is 10.4. The van der Waals surface area contributed by atoms with E-state index in [1.54, 1.807) is 36.6 Å². The summed E-state index contributed by atoms with van der Waals surface area (Å²) in [4.78, 5) is 27.3. The van der Waals surface area contributed by atoms with E-state index in [0.29, 0.717) is 36.8 Å². The maximum absolute atomic E-state index is 12.3. The van der Waals surface area contributed by atoms with Crippen molar-refractivity contribution in [3.05, 3.63) is 40.6 Å². The number of rotatable bonds is 11. The van der Waals surface area contributed by atoms with Crippen LogP contribution in [-0.2, 0) is 16.0 Å². The van der Waals surface area contributed by atoms with Crippen LogP contribution in [0.25, 0.3) is 0 Å². The standard InChI is InChI=1S/C21H28N2O4S/c1-4-26-18-12-11-16(14-19(18)27-5-2)22-20(24)15-23(3)21(25)10-6-8-17-9-7-13-28-17/h7,9,11-14H,4-6,8,10,15H2,1-3H3,(H,22,24). The maximum Gasteiger partial charge on any atom is 0.243 e. The number of nitrogens with zero attached hydrogens (tertiary/aromatic N) is 1. The SMILES string of the molecule is CCOc1ccc(NC(=O)CN(C)C(=O)CCCc2cccs2)cc1OCC. The normalized spacial score (nSPS) is 10.4. The summed E-state index contributed by atoms with van der Waals surface area (Å²) < 4.78 is 11.1. The smallest absolute Gasteiger partial charge is 0.243 e. The molecule has 0 saturated heterocycles. The Morgan fingerprint density at radius 3 is 2.54 bits per heavy atom. The maximum atomic E-state index is 12.3. The summed E-state index contributed by atoms with van der Waals surface area (Å²) in [5, 5.41) is 4.84. The minimum Gasteiger partial charge on any atom is -0.490 e. The van der Waals surface area contributed by atoms with Gasteiger partial charge in [-0.2, -0.15) is 0 Å². The van der Waals surface area contributed by atoms with Crippen molar-refractivity contribution in [2.45, 2.75) is 33.1 Å². The van der Waals surface area contributed by atoms with Gasteiger partial charge in [0.2, 0.25) is 11.8 Å². The molecule has 1 aromatic carbocycles. The molecule has 0 radical (unpaired) electrons. The van der Waals surface area contributed by atoms with Gasteiger partial charge < -0.3 is 19.7 Å². The van der Waals surface area contributed by atoms with Crippen LogP contribution in [0, 0.1) is 0 Å². The molecule has 2 amide bonds. The molecule has 28 heavy (non-hydrogen) atoms. The number of thiophene rings is 1. The van der Waals surface area contributed by atoms with Gasteiger partial charge in [-0.25, -0.2) is 0 Å². The van der Waals surface area contributed by atoms with Crippen molar-refractivity contribution in [1.29, 1.82) is 0 Å². The molecule has 0 aliphatic heterocycles. The predicted octanol–water partition coefficient (Wildman–Crippen LogP) is 3.97. The minimum absolute atomic E-state index is 0.00894. The van der Waals surface area contributed by atoms with E-state index in [9.17, 15) is 9.59 Å². The van der Waals surface area contributed by atoms with Crippen molar-refractivity contribution in [1.82, 2.24) is 4.90 Å². The highest BCUT2D eigenvalue weighted by Gasteiger charge is 2.14. The Morgan fingerprint density at radius 2 is 1.86 bits per heavy atom. The van der Waals surface area contributed by atoms with Crippen LogP contribution in [0.4, 0.5) is 5.69 Å². The van der Waals surface area contributed by atoms with Crippen LogP contribution in [0.3, 0.4) is 0 Å². The molecule has 2 aromatic rings. The van der Waals surface area contributed by atoms with Crippen LogP contribution in [0.5, 0.6) is 11.5 Å². The number of hydrogen-bond acceptors (Lipinski definition) is 5. The van der Waals surface area contributed by atoms with E-state index in [4.69, 9.17) is 9.47 Å². The van der Waals surface area contributed by atoms with Crippen molar-refractivity contribution >= 4 is 28.8 Å². The van der Waals surface area contributed by atoms with Crippen LogP contribution in [-0.4, -0.2) is 43.5 Å². The number of hydrogen-bond donors (Lipinski definition) is 1. The molecule has 1 heterocycles. The molecule has 2 rings (SSSR count). The molecule has 0 fully saturated rings. The van der Waals surface area contributed by atoms with Crippen LogP contribution in [0.1, 0.15) is 31.6 Å². The molecule has 6 nitrogen and oxygen atoms in total. The van der Waals surface area contributed by atoms with E-state index in [0.717, 1.165) is 12.8 Å². The molecule has 0 atom stereocenters. The van der Waals surface area contributed by atoms with Gasteiger partial charge >= 0.3 is 0 Å². The van der Waals surface area contributed by atoms with Gasteiger partial charge in [-0.3, -0.25) is 9.59 Å². The third-order valence-corrected chi connectivity index (χ3v) is 4.96. The molecule has 0 bridgehead atoms. The van der Waals surface area contributed by atoms with Gasteiger partial charge in [-0.05, 0) is 50.3 Å². The zero-order valence-electron chi connectivity index (χ0n) is 16.7. The first-order chi connectivity index (χ1) is 13.5. The van der Waals surface area contributed by atoms with E-state index in [2.05, 4.69) is 11.4 Å². The number of aryl methyl sites for hydroxylation is 1. The van der Waals surface area contributed by atoms with Gasteiger partial charge in [0, 0.05) is 30.1 Å². The third-order valence-electron chi connectivity index (χ3n) is 4.03. The second-order valence-corrected chi connectivity index (χ2v) is 7.29. The van der Waals surface area contributed by atoms with E-state index >= 15 is 0 Å². The summed E-state index contributed by atoms with van der Waals surface area (Å²) in [7, 11) is 1.65. The quantitative estimate of drug-likeness (QED) is 0.615. The Bertz CT molecular complexity index is 762. The predicted molar refractivity (Wildman–Crippen MR) is 112 cm³/mol. The summed E-state index contributed by atoms with van der Waals surface area (Å²) in [5.41, 5.74) is 0.607. The van der Waals surface area contributed by atoms with Crippen molar-refractivity contribution < 1.29 is 19.1 Å². The summed E-state index contributed by atoms with van der Waals surface area (Å²) in [5.74, 6) is 0.940. The Kier molecular flexibility index (Phi) is 8.81. The number of carbonyl (C=O) groups is 2. The number of nitrogens with one attached hydrogen (secondary N) is 1. The van der Waals surface area contributed by atoms with Crippen molar-refractivity contribution in [3.8, 4) is 11.5 Å². The lowest BCUT2D eigenvalue weighted by molar-refractivity contribution is -0.133. The monoisotopic (exact) mass is 404 g/mol. The van der Waals surface area contributed by atoms with E-state index in [1.807, 2.05) is 25.3 Å². The lowest BCUT2D eigenvalue weighted by Crippen LogP contribution is -2.34.